The van der Waals surface area contributed by atoms with Crippen LogP contribution in [0.15, 0.2) is 67.0 Å². The first kappa shape index (κ1) is 18.3. The molecule has 142 valence electrons. The summed E-state index contributed by atoms with van der Waals surface area (Å²) < 4.78 is 13.8. The van der Waals surface area contributed by atoms with Crippen molar-refractivity contribution >= 4 is 11.6 Å². The maximum absolute atomic E-state index is 13.8. The zero-order chi connectivity index (χ0) is 19.3. The number of hydrogen-bond acceptors (Lipinski definition) is 3. The van der Waals surface area contributed by atoms with E-state index in [1.54, 1.807) is 24.4 Å². The number of fused-ring (bicyclic) bond motifs is 1. The third-order valence-corrected chi connectivity index (χ3v) is 5.05. The molecule has 1 amide bonds. The van der Waals surface area contributed by atoms with E-state index in [9.17, 15) is 9.18 Å². The summed E-state index contributed by atoms with van der Waals surface area (Å²) in [4.78, 5) is 19.1. The molecule has 0 atom stereocenters. The molecule has 4 rings (SSSR count). The van der Waals surface area contributed by atoms with Crippen molar-refractivity contribution in [1.29, 1.82) is 0 Å². The molecule has 2 aromatic carbocycles. The van der Waals surface area contributed by atoms with Crippen LogP contribution in [0, 0.1) is 5.82 Å². The molecule has 0 radical (unpaired) electrons. The number of carbonyl (C=O) groups excluding carboxylic acids is 1. The summed E-state index contributed by atoms with van der Waals surface area (Å²) in [6.07, 6.45) is 4.42. The number of amides is 1. The lowest BCUT2D eigenvalue weighted by molar-refractivity contribution is -0.115. The number of aromatic nitrogens is 1. The van der Waals surface area contributed by atoms with Crippen molar-refractivity contribution in [1.82, 2.24) is 9.88 Å². The molecule has 0 saturated heterocycles. The SMILES string of the molecule is O=C(Cc1ccccc1F)Nc1cncc2c1CCN(Cc1ccccc1)C2. The van der Waals surface area contributed by atoms with Crippen molar-refractivity contribution < 1.29 is 9.18 Å². The minimum Gasteiger partial charge on any atom is -0.324 e. The first-order valence-electron chi connectivity index (χ1n) is 9.44. The lowest BCUT2D eigenvalue weighted by atomic mass is 9.99. The Morgan fingerprint density at radius 2 is 1.86 bits per heavy atom. The van der Waals surface area contributed by atoms with E-state index in [1.165, 1.54) is 11.6 Å². The smallest absolute Gasteiger partial charge is 0.228 e. The Morgan fingerprint density at radius 3 is 2.68 bits per heavy atom. The van der Waals surface area contributed by atoms with Crippen LogP contribution in [0.1, 0.15) is 22.3 Å². The van der Waals surface area contributed by atoms with Crippen LogP contribution in [0.4, 0.5) is 10.1 Å². The van der Waals surface area contributed by atoms with Gasteiger partial charge in [0.05, 0.1) is 18.3 Å². The molecule has 4 nitrogen and oxygen atoms in total. The Morgan fingerprint density at radius 1 is 1.07 bits per heavy atom. The summed E-state index contributed by atoms with van der Waals surface area (Å²) in [5, 5.41) is 2.92. The van der Waals surface area contributed by atoms with E-state index in [4.69, 9.17) is 0 Å². The Hall–Kier alpha value is -3.05. The van der Waals surface area contributed by atoms with E-state index in [2.05, 4.69) is 39.5 Å². The van der Waals surface area contributed by atoms with Gasteiger partial charge in [-0.3, -0.25) is 14.7 Å². The third-order valence-electron chi connectivity index (χ3n) is 5.05. The van der Waals surface area contributed by atoms with E-state index in [0.29, 0.717) is 5.56 Å². The maximum atomic E-state index is 13.8. The van der Waals surface area contributed by atoms with E-state index < -0.39 is 0 Å². The summed E-state index contributed by atoms with van der Waals surface area (Å²) in [6.45, 7) is 2.61. The molecular formula is C23H22FN3O. The number of benzene rings is 2. The van der Waals surface area contributed by atoms with Gasteiger partial charge in [-0.1, -0.05) is 48.5 Å². The lowest BCUT2D eigenvalue weighted by Crippen LogP contribution is -2.31. The second-order valence-corrected chi connectivity index (χ2v) is 7.09. The fraction of sp³-hybridized carbons (Fsp3) is 0.217. The standard InChI is InChI=1S/C23H22FN3O/c24-21-9-5-4-8-18(21)12-23(28)26-22-14-25-13-19-16-27(11-10-20(19)22)15-17-6-2-1-3-7-17/h1-9,13-14H,10-12,15-16H2,(H,26,28). The molecule has 0 fully saturated rings. The molecule has 1 aliphatic rings. The fourth-order valence-corrected chi connectivity index (χ4v) is 3.65. The topological polar surface area (TPSA) is 45.2 Å². The van der Waals surface area contributed by atoms with Crippen molar-refractivity contribution in [2.24, 2.45) is 0 Å². The van der Waals surface area contributed by atoms with Gasteiger partial charge in [-0.25, -0.2) is 4.39 Å². The number of pyridine rings is 1. The summed E-state index contributed by atoms with van der Waals surface area (Å²) in [7, 11) is 0. The molecule has 0 unspecified atom stereocenters. The van der Waals surface area contributed by atoms with Gasteiger partial charge in [0, 0.05) is 25.8 Å². The number of anilines is 1. The van der Waals surface area contributed by atoms with Gasteiger partial charge in [-0.05, 0) is 34.7 Å². The number of rotatable bonds is 5. The first-order chi connectivity index (χ1) is 13.7. The van der Waals surface area contributed by atoms with Gasteiger partial charge in [0.2, 0.25) is 5.91 Å². The Balaban J connectivity index is 1.44. The molecule has 1 N–H and O–H groups in total. The van der Waals surface area contributed by atoms with Crippen LogP contribution in [-0.4, -0.2) is 22.3 Å². The van der Waals surface area contributed by atoms with Crippen LogP contribution in [0.5, 0.6) is 0 Å². The Kier molecular flexibility index (Phi) is 5.44. The molecule has 2 heterocycles. The molecular weight excluding hydrogens is 353 g/mol. The van der Waals surface area contributed by atoms with Crippen LogP contribution in [-0.2, 0) is 30.7 Å². The van der Waals surface area contributed by atoms with Gasteiger partial charge >= 0.3 is 0 Å². The number of carbonyl (C=O) groups is 1. The molecule has 0 bridgehead atoms. The fourth-order valence-electron chi connectivity index (χ4n) is 3.65. The quantitative estimate of drug-likeness (QED) is 0.734. The number of nitrogens with one attached hydrogen (secondary N) is 1. The zero-order valence-corrected chi connectivity index (χ0v) is 15.6. The third kappa shape index (κ3) is 4.26. The molecule has 3 aromatic rings. The second kappa shape index (κ2) is 8.31. The number of halogens is 1. The van der Waals surface area contributed by atoms with Crippen LogP contribution < -0.4 is 5.32 Å². The zero-order valence-electron chi connectivity index (χ0n) is 15.6. The van der Waals surface area contributed by atoms with Gasteiger partial charge in [-0.15, -0.1) is 0 Å². The van der Waals surface area contributed by atoms with Gasteiger partial charge in [0.15, 0.2) is 0 Å². The summed E-state index contributed by atoms with van der Waals surface area (Å²) >= 11 is 0. The highest BCUT2D eigenvalue weighted by Gasteiger charge is 2.20. The normalized spacial score (nSPS) is 13.8. The Labute approximate surface area is 164 Å². The highest BCUT2D eigenvalue weighted by molar-refractivity contribution is 5.93. The van der Waals surface area contributed by atoms with Crippen molar-refractivity contribution in [2.45, 2.75) is 25.9 Å². The van der Waals surface area contributed by atoms with Crippen molar-refractivity contribution in [2.75, 3.05) is 11.9 Å². The largest absolute Gasteiger partial charge is 0.324 e. The van der Waals surface area contributed by atoms with Crippen LogP contribution in [0.2, 0.25) is 0 Å². The first-order valence-corrected chi connectivity index (χ1v) is 9.44. The van der Waals surface area contributed by atoms with Crippen molar-refractivity contribution in [3.8, 4) is 0 Å². The summed E-state index contributed by atoms with van der Waals surface area (Å²) in [5.41, 5.74) is 4.67. The predicted molar refractivity (Wildman–Crippen MR) is 107 cm³/mol. The minimum atomic E-state index is -0.359. The Bertz CT molecular complexity index is 975. The molecule has 1 aliphatic heterocycles. The molecule has 1 aromatic heterocycles. The molecule has 0 spiro atoms. The monoisotopic (exact) mass is 375 g/mol. The number of hydrogen-bond donors (Lipinski definition) is 1. The van der Waals surface area contributed by atoms with E-state index in [1.807, 2.05) is 12.3 Å². The van der Waals surface area contributed by atoms with Gasteiger partial charge in [0.1, 0.15) is 5.82 Å². The second-order valence-electron chi connectivity index (χ2n) is 7.09. The average molecular weight is 375 g/mol. The van der Waals surface area contributed by atoms with Crippen LogP contribution in [0.3, 0.4) is 0 Å². The van der Waals surface area contributed by atoms with E-state index in [-0.39, 0.29) is 18.1 Å². The van der Waals surface area contributed by atoms with Crippen molar-refractivity contribution in [3.05, 3.63) is 95.1 Å². The highest BCUT2D eigenvalue weighted by atomic mass is 19.1. The van der Waals surface area contributed by atoms with Crippen LogP contribution in [0.25, 0.3) is 0 Å². The van der Waals surface area contributed by atoms with Crippen LogP contribution >= 0.6 is 0 Å². The average Bonchev–Trinajstić information content (AvgIpc) is 2.70. The van der Waals surface area contributed by atoms with Gasteiger partial charge in [-0.2, -0.15) is 0 Å². The minimum absolute atomic E-state index is 0.0104. The summed E-state index contributed by atoms with van der Waals surface area (Å²) in [5.74, 6) is -0.588. The van der Waals surface area contributed by atoms with E-state index >= 15 is 0 Å². The van der Waals surface area contributed by atoms with Crippen molar-refractivity contribution in [3.63, 3.8) is 0 Å². The molecule has 0 aliphatic carbocycles. The molecule has 5 heteroatoms. The molecule has 0 saturated carbocycles. The van der Waals surface area contributed by atoms with Gasteiger partial charge < -0.3 is 5.32 Å². The summed E-state index contributed by atoms with van der Waals surface area (Å²) in [6, 6.07) is 16.8. The maximum Gasteiger partial charge on any atom is 0.228 e. The molecule has 28 heavy (non-hydrogen) atoms. The predicted octanol–water partition coefficient (Wildman–Crippen LogP) is 3.96. The van der Waals surface area contributed by atoms with E-state index in [0.717, 1.165) is 42.9 Å². The van der Waals surface area contributed by atoms with Gasteiger partial charge in [0.25, 0.3) is 0 Å². The highest BCUT2D eigenvalue weighted by Crippen LogP contribution is 2.26. The number of nitrogens with zero attached hydrogens (tertiary/aromatic N) is 2. The lowest BCUT2D eigenvalue weighted by Gasteiger charge is -2.29.